The van der Waals surface area contributed by atoms with Crippen LogP contribution < -0.4 is 4.72 Å². The van der Waals surface area contributed by atoms with Gasteiger partial charge in [0.15, 0.2) is 0 Å². The van der Waals surface area contributed by atoms with Gasteiger partial charge < -0.3 is 4.90 Å². The Hall–Kier alpha value is -2.34. The molecule has 2 aromatic rings. The van der Waals surface area contributed by atoms with Gasteiger partial charge in [0, 0.05) is 24.3 Å². The van der Waals surface area contributed by atoms with E-state index in [9.17, 15) is 13.2 Å². The first-order chi connectivity index (χ1) is 13.9. The summed E-state index contributed by atoms with van der Waals surface area (Å²) in [6.07, 6.45) is 6.19. The predicted molar refractivity (Wildman–Crippen MR) is 114 cm³/mol. The SMILES string of the molecule is Cc1ccc(NS(=O)(=O)c2ccc(C(=O)N3CC[C@@H]4CCCC[C@H]4C3)cc2)cc1. The second-order valence-corrected chi connectivity index (χ2v) is 10.0. The minimum absolute atomic E-state index is 0.00413. The summed E-state index contributed by atoms with van der Waals surface area (Å²) < 4.78 is 27.8. The average molecular weight is 413 g/mol. The van der Waals surface area contributed by atoms with Crippen LogP contribution in [0.3, 0.4) is 0 Å². The van der Waals surface area contributed by atoms with Crippen LogP contribution in [0.4, 0.5) is 5.69 Å². The quantitative estimate of drug-likeness (QED) is 0.807. The van der Waals surface area contributed by atoms with Crippen LogP contribution in [-0.4, -0.2) is 32.3 Å². The lowest BCUT2D eigenvalue weighted by molar-refractivity contribution is 0.0521. The van der Waals surface area contributed by atoms with Gasteiger partial charge in [-0.15, -0.1) is 0 Å². The molecule has 2 fully saturated rings. The summed E-state index contributed by atoms with van der Waals surface area (Å²) in [5.74, 6) is 1.40. The monoisotopic (exact) mass is 412 g/mol. The van der Waals surface area contributed by atoms with E-state index in [4.69, 9.17) is 0 Å². The van der Waals surface area contributed by atoms with Crippen molar-refractivity contribution < 1.29 is 13.2 Å². The fourth-order valence-corrected chi connectivity index (χ4v) is 5.64. The van der Waals surface area contributed by atoms with Crippen LogP contribution in [0.25, 0.3) is 0 Å². The van der Waals surface area contributed by atoms with E-state index in [0.29, 0.717) is 17.2 Å². The summed E-state index contributed by atoms with van der Waals surface area (Å²) >= 11 is 0. The van der Waals surface area contributed by atoms with Crippen LogP contribution in [0.1, 0.15) is 48.0 Å². The Labute approximate surface area is 173 Å². The number of benzene rings is 2. The molecule has 4 rings (SSSR count). The van der Waals surface area contributed by atoms with Crippen molar-refractivity contribution in [1.82, 2.24) is 4.90 Å². The molecule has 0 aromatic heterocycles. The van der Waals surface area contributed by atoms with E-state index < -0.39 is 10.0 Å². The number of aryl methyl sites for hydroxylation is 1. The van der Waals surface area contributed by atoms with Gasteiger partial charge in [-0.05, 0) is 68.0 Å². The number of likely N-dealkylation sites (tertiary alicyclic amines) is 1. The molecule has 6 heteroatoms. The molecule has 2 aliphatic rings. The zero-order valence-corrected chi connectivity index (χ0v) is 17.6. The zero-order valence-electron chi connectivity index (χ0n) is 16.8. The maximum atomic E-state index is 12.9. The smallest absolute Gasteiger partial charge is 0.261 e. The largest absolute Gasteiger partial charge is 0.338 e. The molecule has 0 radical (unpaired) electrons. The number of sulfonamides is 1. The molecule has 1 aliphatic carbocycles. The Bertz CT molecular complexity index is 968. The number of carbonyl (C=O) groups is 1. The zero-order chi connectivity index (χ0) is 20.4. The minimum atomic E-state index is -3.68. The molecule has 29 heavy (non-hydrogen) atoms. The average Bonchev–Trinajstić information content (AvgIpc) is 2.74. The number of nitrogens with one attached hydrogen (secondary N) is 1. The maximum absolute atomic E-state index is 12.9. The molecule has 1 amide bonds. The topological polar surface area (TPSA) is 66.5 Å². The molecule has 1 saturated heterocycles. The molecule has 1 heterocycles. The van der Waals surface area contributed by atoms with Gasteiger partial charge in [-0.2, -0.15) is 0 Å². The number of carbonyl (C=O) groups excluding carboxylic acids is 1. The number of nitrogens with zero attached hydrogens (tertiary/aromatic N) is 1. The molecular weight excluding hydrogens is 384 g/mol. The molecule has 2 aromatic carbocycles. The van der Waals surface area contributed by atoms with Gasteiger partial charge >= 0.3 is 0 Å². The first kappa shape index (κ1) is 20.0. The van der Waals surface area contributed by atoms with Crippen LogP contribution >= 0.6 is 0 Å². The number of fused-ring (bicyclic) bond motifs is 1. The molecule has 0 bridgehead atoms. The van der Waals surface area contributed by atoms with E-state index in [-0.39, 0.29) is 10.8 Å². The molecular formula is C23H28N2O3S. The molecule has 0 spiro atoms. The van der Waals surface area contributed by atoms with Crippen molar-refractivity contribution in [3.63, 3.8) is 0 Å². The van der Waals surface area contributed by atoms with Gasteiger partial charge in [-0.1, -0.05) is 37.0 Å². The highest BCUT2D eigenvalue weighted by Gasteiger charge is 2.33. The molecule has 2 atom stereocenters. The number of hydrogen-bond acceptors (Lipinski definition) is 3. The number of amides is 1. The van der Waals surface area contributed by atoms with Crippen molar-refractivity contribution in [1.29, 1.82) is 0 Å². The summed E-state index contributed by atoms with van der Waals surface area (Å²) in [5, 5.41) is 0. The van der Waals surface area contributed by atoms with Crippen molar-refractivity contribution in [2.45, 2.75) is 43.9 Å². The highest BCUT2D eigenvalue weighted by Crippen LogP contribution is 2.36. The third-order valence-electron chi connectivity index (χ3n) is 6.29. The third kappa shape index (κ3) is 4.47. The Kier molecular flexibility index (Phi) is 5.63. The molecule has 1 aliphatic heterocycles. The first-order valence-corrected chi connectivity index (χ1v) is 11.9. The lowest BCUT2D eigenvalue weighted by atomic mass is 9.75. The molecule has 1 N–H and O–H groups in total. The maximum Gasteiger partial charge on any atom is 0.261 e. The second-order valence-electron chi connectivity index (χ2n) is 8.34. The number of anilines is 1. The Morgan fingerprint density at radius 2 is 1.59 bits per heavy atom. The van der Waals surface area contributed by atoms with E-state index in [0.717, 1.165) is 31.0 Å². The third-order valence-corrected chi connectivity index (χ3v) is 7.69. The Morgan fingerprint density at radius 1 is 0.931 bits per heavy atom. The van der Waals surface area contributed by atoms with E-state index in [1.54, 1.807) is 24.3 Å². The molecule has 154 valence electrons. The van der Waals surface area contributed by atoms with Crippen molar-refractivity contribution in [2.75, 3.05) is 17.8 Å². The van der Waals surface area contributed by atoms with Gasteiger partial charge in [-0.25, -0.2) is 8.42 Å². The first-order valence-electron chi connectivity index (χ1n) is 10.4. The number of piperidine rings is 1. The van der Waals surface area contributed by atoms with Crippen LogP contribution in [-0.2, 0) is 10.0 Å². The van der Waals surface area contributed by atoms with Gasteiger partial charge in [0.1, 0.15) is 0 Å². The normalized spacial score (nSPS) is 22.0. The van der Waals surface area contributed by atoms with Crippen molar-refractivity contribution in [2.24, 2.45) is 11.8 Å². The number of hydrogen-bond donors (Lipinski definition) is 1. The fraction of sp³-hybridized carbons (Fsp3) is 0.435. The molecule has 0 unspecified atom stereocenters. The van der Waals surface area contributed by atoms with Gasteiger partial charge in [0.2, 0.25) is 0 Å². The van der Waals surface area contributed by atoms with Crippen molar-refractivity contribution >= 4 is 21.6 Å². The van der Waals surface area contributed by atoms with Crippen molar-refractivity contribution in [3.8, 4) is 0 Å². The van der Waals surface area contributed by atoms with E-state index >= 15 is 0 Å². The van der Waals surface area contributed by atoms with E-state index in [1.165, 1.54) is 37.8 Å². The second kappa shape index (κ2) is 8.19. The summed E-state index contributed by atoms with van der Waals surface area (Å²) in [6, 6.07) is 13.5. The summed E-state index contributed by atoms with van der Waals surface area (Å²) in [7, 11) is -3.68. The number of rotatable bonds is 4. The Morgan fingerprint density at radius 3 is 2.28 bits per heavy atom. The Balaban J connectivity index is 1.44. The van der Waals surface area contributed by atoms with Crippen LogP contribution in [0.5, 0.6) is 0 Å². The van der Waals surface area contributed by atoms with Crippen LogP contribution in [0.15, 0.2) is 53.4 Å². The predicted octanol–water partition coefficient (Wildman–Crippen LogP) is 4.45. The van der Waals surface area contributed by atoms with E-state index in [2.05, 4.69) is 4.72 Å². The van der Waals surface area contributed by atoms with Gasteiger partial charge in [0.05, 0.1) is 4.90 Å². The van der Waals surface area contributed by atoms with E-state index in [1.807, 2.05) is 24.0 Å². The molecule has 5 nitrogen and oxygen atoms in total. The lowest BCUT2D eigenvalue weighted by Crippen LogP contribution is -2.44. The van der Waals surface area contributed by atoms with Crippen LogP contribution in [0.2, 0.25) is 0 Å². The van der Waals surface area contributed by atoms with Gasteiger partial charge in [-0.3, -0.25) is 9.52 Å². The molecule has 1 saturated carbocycles. The van der Waals surface area contributed by atoms with Crippen LogP contribution in [0, 0.1) is 18.8 Å². The highest BCUT2D eigenvalue weighted by molar-refractivity contribution is 7.92. The standard InChI is InChI=1S/C23H28N2O3S/c1-17-6-10-21(11-7-17)24-29(27,28)22-12-8-19(9-13-22)23(26)25-15-14-18-4-2-3-5-20(18)16-25/h6-13,18,20,24H,2-5,14-16H2,1H3/t18-,20-/m0/s1. The van der Waals surface area contributed by atoms with Crippen molar-refractivity contribution in [3.05, 3.63) is 59.7 Å². The summed E-state index contributed by atoms with van der Waals surface area (Å²) in [5.41, 5.74) is 2.13. The highest BCUT2D eigenvalue weighted by atomic mass is 32.2. The van der Waals surface area contributed by atoms with Gasteiger partial charge in [0.25, 0.3) is 15.9 Å². The minimum Gasteiger partial charge on any atom is -0.338 e. The summed E-state index contributed by atoms with van der Waals surface area (Å²) in [4.78, 5) is 15.0. The summed E-state index contributed by atoms with van der Waals surface area (Å²) in [6.45, 7) is 3.58. The fourth-order valence-electron chi connectivity index (χ4n) is 4.58. The lowest BCUT2D eigenvalue weighted by Gasteiger charge is -2.41.